The molecule has 0 saturated heterocycles. The first-order valence-electron chi connectivity index (χ1n) is 9.22. The molecule has 0 aliphatic rings. The molecule has 1 heterocycles. The summed E-state index contributed by atoms with van der Waals surface area (Å²) >= 11 is 0. The van der Waals surface area contributed by atoms with Gasteiger partial charge in [0.1, 0.15) is 6.07 Å². The van der Waals surface area contributed by atoms with Crippen molar-refractivity contribution < 1.29 is 14.3 Å². The van der Waals surface area contributed by atoms with Gasteiger partial charge in [0, 0.05) is 31.7 Å². The highest BCUT2D eigenvalue weighted by Gasteiger charge is 2.19. The molecule has 3 rings (SSSR count). The molecule has 0 unspecified atom stereocenters. The van der Waals surface area contributed by atoms with E-state index in [2.05, 4.69) is 6.07 Å². The van der Waals surface area contributed by atoms with Gasteiger partial charge in [0.05, 0.1) is 23.3 Å². The van der Waals surface area contributed by atoms with Gasteiger partial charge in [0.25, 0.3) is 5.91 Å². The van der Waals surface area contributed by atoms with E-state index in [4.69, 9.17) is 4.74 Å². The van der Waals surface area contributed by atoms with Crippen LogP contribution in [0.15, 0.2) is 67.0 Å². The van der Waals surface area contributed by atoms with E-state index in [1.807, 2.05) is 30.3 Å². The molecule has 0 fully saturated rings. The first kappa shape index (κ1) is 19.9. The fourth-order valence-corrected chi connectivity index (χ4v) is 2.98. The summed E-state index contributed by atoms with van der Waals surface area (Å²) in [5.74, 6) is -0.616. The molecule has 1 amide bonds. The summed E-state index contributed by atoms with van der Waals surface area (Å²) < 4.78 is 6.69. The van der Waals surface area contributed by atoms with Crippen molar-refractivity contribution in [2.24, 2.45) is 0 Å². The standard InChI is InChI=1S/C23H21N3O3/c1-3-29-23(28)18-9-11-20(12-10-18)26-15-19(13-24)21(16-26)22(27)25(2)14-17-7-5-4-6-8-17/h4-12,15-16H,3,14H2,1-2H3. The summed E-state index contributed by atoms with van der Waals surface area (Å²) in [6.07, 6.45) is 3.25. The summed E-state index contributed by atoms with van der Waals surface area (Å²) in [6, 6.07) is 18.6. The van der Waals surface area contributed by atoms with Gasteiger partial charge < -0.3 is 14.2 Å². The Morgan fingerprint density at radius 3 is 2.38 bits per heavy atom. The number of carbonyl (C=O) groups excluding carboxylic acids is 2. The van der Waals surface area contributed by atoms with Crippen LogP contribution in [-0.2, 0) is 11.3 Å². The van der Waals surface area contributed by atoms with E-state index >= 15 is 0 Å². The van der Waals surface area contributed by atoms with Crippen LogP contribution in [-0.4, -0.2) is 35.0 Å². The van der Waals surface area contributed by atoms with Gasteiger partial charge in [0.15, 0.2) is 0 Å². The number of ether oxygens (including phenoxy) is 1. The molecule has 29 heavy (non-hydrogen) atoms. The Labute approximate surface area is 169 Å². The van der Waals surface area contributed by atoms with Crippen LogP contribution >= 0.6 is 0 Å². The molecule has 6 nitrogen and oxygen atoms in total. The van der Waals surface area contributed by atoms with Gasteiger partial charge in [0.2, 0.25) is 0 Å². The van der Waals surface area contributed by atoms with Gasteiger partial charge >= 0.3 is 5.97 Å². The lowest BCUT2D eigenvalue weighted by molar-refractivity contribution is 0.0526. The molecule has 2 aromatic carbocycles. The minimum absolute atomic E-state index is 0.229. The summed E-state index contributed by atoms with van der Waals surface area (Å²) in [5, 5.41) is 9.48. The van der Waals surface area contributed by atoms with E-state index in [9.17, 15) is 14.9 Å². The highest BCUT2D eigenvalue weighted by Crippen LogP contribution is 2.19. The smallest absolute Gasteiger partial charge is 0.338 e. The quantitative estimate of drug-likeness (QED) is 0.603. The second kappa shape index (κ2) is 8.89. The van der Waals surface area contributed by atoms with Crippen LogP contribution in [0.25, 0.3) is 5.69 Å². The lowest BCUT2D eigenvalue weighted by Crippen LogP contribution is -2.26. The van der Waals surface area contributed by atoms with Crippen molar-refractivity contribution in [1.29, 1.82) is 5.26 Å². The number of aromatic nitrogens is 1. The monoisotopic (exact) mass is 387 g/mol. The van der Waals surface area contributed by atoms with Crippen LogP contribution in [0.1, 0.15) is 38.8 Å². The molecular weight excluding hydrogens is 366 g/mol. The predicted molar refractivity (Wildman–Crippen MR) is 109 cm³/mol. The second-order valence-corrected chi connectivity index (χ2v) is 6.52. The van der Waals surface area contributed by atoms with Gasteiger partial charge in [-0.25, -0.2) is 4.79 Å². The minimum atomic E-state index is -0.386. The largest absolute Gasteiger partial charge is 0.462 e. The Morgan fingerprint density at radius 2 is 1.76 bits per heavy atom. The molecular formula is C23H21N3O3. The summed E-state index contributed by atoms with van der Waals surface area (Å²) in [5.41, 5.74) is 2.82. The maximum atomic E-state index is 12.9. The number of amides is 1. The third kappa shape index (κ3) is 4.53. The third-order valence-electron chi connectivity index (χ3n) is 4.46. The van der Waals surface area contributed by atoms with Gasteiger partial charge in [-0.3, -0.25) is 4.79 Å². The number of rotatable bonds is 6. The minimum Gasteiger partial charge on any atom is -0.462 e. The van der Waals surface area contributed by atoms with Gasteiger partial charge in [-0.2, -0.15) is 5.26 Å². The summed E-state index contributed by atoms with van der Waals surface area (Å²) in [6.45, 7) is 2.51. The van der Waals surface area contributed by atoms with Crippen molar-refractivity contribution in [3.8, 4) is 11.8 Å². The number of esters is 1. The first-order valence-corrected chi connectivity index (χ1v) is 9.22. The normalized spacial score (nSPS) is 10.2. The van der Waals surface area contributed by atoms with Gasteiger partial charge in [-0.05, 0) is 36.8 Å². The molecule has 0 saturated carbocycles. The van der Waals surface area contributed by atoms with E-state index in [1.165, 1.54) is 0 Å². The number of nitrogens with zero attached hydrogens (tertiary/aromatic N) is 3. The SMILES string of the molecule is CCOC(=O)c1ccc(-n2cc(C#N)c(C(=O)N(C)Cc3ccccc3)c2)cc1. The Morgan fingerprint density at radius 1 is 1.07 bits per heavy atom. The number of carbonyl (C=O) groups is 2. The topological polar surface area (TPSA) is 75.3 Å². The zero-order valence-corrected chi connectivity index (χ0v) is 16.3. The van der Waals surface area contributed by atoms with Crippen molar-refractivity contribution in [1.82, 2.24) is 9.47 Å². The molecule has 0 N–H and O–H groups in total. The fourth-order valence-electron chi connectivity index (χ4n) is 2.98. The zero-order valence-electron chi connectivity index (χ0n) is 16.3. The van der Waals surface area contributed by atoms with Gasteiger partial charge in [-0.15, -0.1) is 0 Å². The van der Waals surface area contributed by atoms with Crippen molar-refractivity contribution in [3.05, 3.63) is 89.2 Å². The van der Waals surface area contributed by atoms with Crippen LogP contribution in [0.5, 0.6) is 0 Å². The lowest BCUT2D eigenvalue weighted by Gasteiger charge is -2.16. The Bertz CT molecular complexity index is 1050. The molecule has 6 heteroatoms. The first-order chi connectivity index (χ1) is 14.0. The number of hydrogen-bond acceptors (Lipinski definition) is 4. The highest BCUT2D eigenvalue weighted by atomic mass is 16.5. The molecule has 0 atom stereocenters. The second-order valence-electron chi connectivity index (χ2n) is 6.52. The number of nitriles is 1. The van der Waals surface area contributed by atoms with E-state index in [0.29, 0.717) is 29.8 Å². The van der Waals surface area contributed by atoms with Crippen molar-refractivity contribution >= 4 is 11.9 Å². The third-order valence-corrected chi connectivity index (χ3v) is 4.46. The van der Waals surface area contributed by atoms with E-state index in [-0.39, 0.29) is 11.9 Å². The molecule has 1 aromatic heterocycles. The van der Waals surface area contributed by atoms with E-state index in [1.54, 1.807) is 60.1 Å². The summed E-state index contributed by atoms with van der Waals surface area (Å²) in [4.78, 5) is 26.3. The van der Waals surface area contributed by atoms with Crippen molar-refractivity contribution in [2.45, 2.75) is 13.5 Å². The van der Waals surface area contributed by atoms with Crippen LogP contribution in [0.4, 0.5) is 0 Å². The van der Waals surface area contributed by atoms with Crippen LogP contribution < -0.4 is 0 Å². The molecule has 3 aromatic rings. The predicted octanol–water partition coefficient (Wildman–Crippen LogP) is 3.80. The van der Waals surface area contributed by atoms with E-state index in [0.717, 1.165) is 11.3 Å². The Balaban J connectivity index is 1.82. The van der Waals surface area contributed by atoms with Crippen LogP contribution in [0, 0.1) is 11.3 Å². The fraction of sp³-hybridized carbons (Fsp3) is 0.174. The molecule has 0 aliphatic carbocycles. The number of hydrogen-bond donors (Lipinski definition) is 0. The Kier molecular flexibility index (Phi) is 6.10. The van der Waals surface area contributed by atoms with Crippen molar-refractivity contribution in [2.75, 3.05) is 13.7 Å². The van der Waals surface area contributed by atoms with Crippen molar-refractivity contribution in [3.63, 3.8) is 0 Å². The average molecular weight is 387 g/mol. The summed E-state index contributed by atoms with van der Waals surface area (Å²) in [7, 11) is 1.71. The zero-order chi connectivity index (χ0) is 20.8. The van der Waals surface area contributed by atoms with Gasteiger partial charge in [-0.1, -0.05) is 30.3 Å². The maximum Gasteiger partial charge on any atom is 0.338 e. The maximum absolute atomic E-state index is 12.9. The van der Waals surface area contributed by atoms with Crippen LogP contribution in [0.2, 0.25) is 0 Å². The highest BCUT2D eigenvalue weighted by molar-refractivity contribution is 5.96. The number of benzene rings is 2. The lowest BCUT2D eigenvalue weighted by atomic mass is 10.1. The average Bonchev–Trinajstić information content (AvgIpc) is 3.18. The molecule has 0 aliphatic heterocycles. The molecule has 146 valence electrons. The Hall–Kier alpha value is -3.85. The van der Waals surface area contributed by atoms with Crippen LogP contribution in [0.3, 0.4) is 0 Å². The molecule has 0 spiro atoms. The molecule has 0 bridgehead atoms. The molecule has 0 radical (unpaired) electrons. The van der Waals surface area contributed by atoms with E-state index < -0.39 is 0 Å².